The molecule has 0 saturated heterocycles. The summed E-state index contributed by atoms with van der Waals surface area (Å²) < 4.78 is 10.5. The molecular formula is C21H28N2O3. The first-order chi connectivity index (χ1) is 12.5. The van der Waals surface area contributed by atoms with E-state index in [0.29, 0.717) is 17.4 Å². The van der Waals surface area contributed by atoms with Gasteiger partial charge in [0, 0.05) is 17.9 Å². The summed E-state index contributed by atoms with van der Waals surface area (Å²) in [6, 6.07) is 13.3. The van der Waals surface area contributed by atoms with Gasteiger partial charge in [0.15, 0.2) is 11.5 Å². The number of carbonyl (C=O) groups is 1. The molecule has 26 heavy (non-hydrogen) atoms. The highest BCUT2D eigenvalue weighted by Crippen LogP contribution is 2.27. The van der Waals surface area contributed by atoms with Gasteiger partial charge in [-0.3, -0.25) is 4.79 Å². The highest BCUT2D eigenvalue weighted by atomic mass is 16.5. The summed E-state index contributed by atoms with van der Waals surface area (Å²) in [6.45, 7) is 5.36. The van der Waals surface area contributed by atoms with Crippen LogP contribution in [0.2, 0.25) is 0 Å². The monoisotopic (exact) mass is 356 g/mol. The summed E-state index contributed by atoms with van der Waals surface area (Å²) in [5.41, 5.74) is 2.71. The Bertz CT molecular complexity index is 712. The van der Waals surface area contributed by atoms with E-state index in [1.165, 1.54) is 0 Å². The van der Waals surface area contributed by atoms with Gasteiger partial charge < -0.3 is 20.1 Å². The molecular weight excluding hydrogens is 328 g/mol. The first-order valence-electron chi connectivity index (χ1n) is 8.86. The number of methoxy groups -OCH3 is 2. The predicted octanol–water partition coefficient (Wildman–Crippen LogP) is 4.34. The zero-order valence-corrected chi connectivity index (χ0v) is 16.0. The van der Waals surface area contributed by atoms with Crippen molar-refractivity contribution >= 4 is 17.3 Å². The molecule has 2 aromatic rings. The van der Waals surface area contributed by atoms with Crippen molar-refractivity contribution in [1.82, 2.24) is 0 Å². The van der Waals surface area contributed by atoms with Crippen LogP contribution in [-0.4, -0.2) is 26.7 Å². The van der Waals surface area contributed by atoms with Gasteiger partial charge in [-0.15, -0.1) is 0 Å². The molecule has 5 heteroatoms. The van der Waals surface area contributed by atoms with Gasteiger partial charge in [0.05, 0.1) is 20.6 Å². The lowest BCUT2D eigenvalue weighted by Crippen LogP contribution is -2.14. The lowest BCUT2D eigenvalue weighted by molar-refractivity contribution is -0.115. The maximum atomic E-state index is 12.3. The molecule has 0 radical (unpaired) electrons. The third-order valence-corrected chi connectivity index (χ3v) is 4.03. The fourth-order valence-electron chi connectivity index (χ4n) is 2.56. The van der Waals surface area contributed by atoms with E-state index in [9.17, 15) is 4.79 Å². The largest absolute Gasteiger partial charge is 0.493 e. The summed E-state index contributed by atoms with van der Waals surface area (Å²) >= 11 is 0. The van der Waals surface area contributed by atoms with Crippen molar-refractivity contribution < 1.29 is 14.3 Å². The zero-order valence-electron chi connectivity index (χ0n) is 16.0. The average Bonchev–Trinajstić information content (AvgIpc) is 2.62. The molecule has 1 amide bonds. The van der Waals surface area contributed by atoms with E-state index in [0.717, 1.165) is 29.9 Å². The van der Waals surface area contributed by atoms with Gasteiger partial charge in [-0.1, -0.05) is 19.9 Å². The minimum atomic E-state index is -0.0715. The van der Waals surface area contributed by atoms with Crippen LogP contribution in [-0.2, 0) is 11.2 Å². The second-order valence-electron chi connectivity index (χ2n) is 6.60. The molecule has 0 bridgehead atoms. The van der Waals surface area contributed by atoms with Crippen molar-refractivity contribution in [2.45, 2.75) is 26.7 Å². The molecule has 2 rings (SSSR count). The first kappa shape index (κ1) is 19.6. The van der Waals surface area contributed by atoms with Crippen LogP contribution in [0.15, 0.2) is 42.5 Å². The zero-order chi connectivity index (χ0) is 18.9. The average molecular weight is 356 g/mol. The van der Waals surface area contributed by atoms with E-state index < -0.39 is 0 Å². The van der Waals surface area contributed by atoms with Crippen LogP contribution in [0.4, 0.5) is 11.4 Å². The Morgan fingerprint density at radius 3 is 2.23 bits per heavy atom. The van der Waals surface area contributed by atoms with Crippen molar-refractivity contribution in [3.8, 4) is 11.5 Å². The molecule has 0 aliphatic heterocycles. The SMILES string of the molecule is COc1ccc(CC(=O)Nc2ccc(NCCC(C)C)cc2)cc1OC. The number of hydrogen-bond donors (Lipinski definition) is 2. The quantitative estimate of drug-likeness (QED) is 0.701. The van der Waals surface area contributed by atoms with Crippen LogP contribution in [0.25, 0.3) is 0 Å². The molecule has 0 spiro atoms. The maximum absolute atomic E-state index is 12.3. The molecule has 2 N–H and O–H groups in total. The Morgan fingerprint density at radius 2 is 1.62 bits per heavy atom. The Morgan fingerprint density at radius 1 is 0.962 bits per heavy atom. The molecule has 0 saturated carbocycles. The van der Waals surface area contributed by atoms with Crippen molar-refractivity contribution in [2.75, 3.05) is 31.4 Å². The predicted molar refractivity (Wildman–Crippen MR) is 106 cm³/mol. The number of ether oxygens (including phenoxy) is 2. The highest BCUT2D eigenvalue weighted by molar-refractivity contribution is 5.92. The fourth-order valence-corrected chi connectivity index (χ4v) is 2.56. The number of carbonyl (C=O) groups excluding carboxylic acids is 1. The minimum Gasteiger partial charge on any atom is -0.493 e. The summed E-state index contributed by atoms with van der Waals surface area (Å²) in [5, 5.41) is 6.30. The Hall–Kier alpha value is -2.69. The molecule has 0 heterocycles. The van der Waals surface area contributed by atoms with Gasteiger partial charge in [-0.05, 0) is 54.3 Å². The van der Waals surface area contributed by atoms with Gasteiger partial charge >= 0.3 is 0 Å². The fraction of sp³-hybridized carbons (Fsp3) is 0.381. The molecule has 0 aromatic heterocycles. The van der Waals surface area contributed by atoms with E-state index >= 15 is 0 Å². The van der Waals surface area contributed by atoms with Gasteiger partial charge in [-0.25, -0.2) is 0 Å². The van der Waals surface area contributed by atoms with Crippen molar-refractivity contribution in [3.63, 3.8) is 0 Å². The maximum Gasteiger partial charge on any atom is 0.228 e. The molecule has 5 nitrogen and oxygen atoms in total. The molecule has 0 aliphatic carbocycles. The molecule has 0 unspecified atom stereocenters. The van der Waals surface area contributed by atoms with Crippen LogP contribution < -0.4 is 20.1 Å². The second kappa shape index (κ2) is 9.70. The number of nitrogens with one attached hydrogen (secondary N) is 2. The molecule has 0 atom stereocenters. The topological polar surface area (TPSA) is 59.6 Å². The van der Waals surface area contributed by atoms with Gasteiger partial charge in [-0.2, -0.15) is 0 Å². The number of rotatable bonds is 9. The standard InChI is InChI=1S/C21H28N2O3/c1-15(2)11-12-22-17-6-8-18(9-7-17)23-21(24)14-16-5-10-19(25-3)20(13-16)26-4/h5-10,13,15,22H,11-12,14H2,1-4H3,(H,23,24). The summed E-state index contributed by atoms with van der Waals surface area (Å²) in [5.74, 6) is 1.88. The molecule has 140 valence electrons. The third kappa shape index (κ3) is 5.99. The van der Waals surface area contributed by atoms with E-state index in [4.69, 9.17) is 9.47 Å². The highest BCUT2D eigenvalue weighted by Gasteiger charge is 2.09. The Labute approximate surface area is 155 Å². The van der Waals surface area contributed by atoms with Crippen LogP contribution in [0.3, 0.4) is 0 Å². The number of hydrogen-bond acceptors (Lipinski definition) is 4. The van der Waals surface area contributed by atoms with E-state index in [-0.39, 0.29) is 12.3 Å². The number of benzene rings is 2. The van der Waals surface area contributed by atoms with E-state index in [1.807, 2.05) is 36.4 Å². The van der Waals surface area contributed by atoms with E-state index in [2.05, 4.69) is 24.5 Å². The summed E-state index contributed by atoms with van der Waals surface area (Å²) in [6.07, 6.45) is 1.40. The van der Waals surface area contributed by atoms with Crippen LogP contribution in [0, 0.1) is 5.92 Å². The normalized spacial score (nSPS) is 10.5. The van der Waals surface area contributed by atoms with E-state index in [1.54, 1.807) is 20.3 Å². The lowest BCUT2D eigenvalue weighted by atomic mass is 10.1. The van der Waals surface area contributed by atoms with Crippen molar-refractivity contribution in [1.29, 1.82) is 0 Å². The summed E-state index contributed by atoms with van der Waals surface area (Å²) in [4.78, 5) is 12.3. The van der Waals surface area contributed by atoms with Gasteiger partial charge in [0.2, 0.25) is 5.91 Å². The number of amides is 1. The summed E-state index contributed by atoms with van der Waals surface area (Å²) in [7, 11) is 3.17. The van der Waals surface area contributed by atoms with Crippen LogP contribution >= 0.6 is 0 Å². The third-order valence-electron chi connectivity index (χ3n) is 4.03. The van der Waals surface area contributed by atoms with Crippen LogP contribution in [0.5, 0.6) is 11.5 Å². The minimum absolute atomic E-state index is 0.0715. The Balaban J connectivity index is 1.89. The Kier molecular flexibility index (Phi) is 7.33. The van der Waals surface area contributed by atoms with Gasteiger partial charge in [0.25, 0.3) is 0 Å². The van der Waals surface area contributed by atoms with Gasteiger partial charge in [0.1, 0.15) is 0 Å². The first-order valence-corrected chi connectivity index (χ1v) is 8.86. The molecule has 2 aromatic carbocycles. The number of anilines is 2. The molecule has 0 aliphatic rings. The smallest absolute Gasteiger partial charge is 0.228 e. The van der Waals surface area contributed by atoms with Crippen molar-refractivity contribution in [2.24, 2.45) is 5.92 Å². The molecule has 0 fully saturated rings. The second-order valence-corrected chi connectivity index (χ2v) is 6.60. The van der Waals surface area contributed by atoms with Crippen molar-refractivity contribution in [3.05, 3.63) is 48.0 Å². The van der Waals surface area contributed by atoms with Crippen LogP contribution in [0.1, 0.15) is 25.8 Å². The lowest BCUT2D eigenvalue weighted by Gasteiger charge is -2.11.